The molecular weight excluding hydrogens is 288 g/mol. The van der Waals surface area contributed by atoms with Crippen LogP contribution in [0.2, 0.25) is 0 Å². The van der Waals surface area contributed by atoms with Gasteiger partial charge in [0.2, 0.25) is 0 Å². The maximum Gasteiger partial charge on any atom is 0.341 e. The summed E-state index contributed by atoms with van der Waals surface area (Å²) in [5.74, 6) is -0.386. The molecule has 1 aromatic heterocycles. The second-order valence-corrected chi connectivity index (χ2v) is 6.67. The largest absolute Gasteiger partial charge is 0.462 e. The molecule has 0 atom stereocenters. The number of hydrogen-bond acceptors (Lipinski definition) is 4. The molecule has 0 radical (unpaired) electrons. The summed E-state index contributed by atoms with van der Waals surface area (Å²) in [5, 5.41) is 3.56. The van der Waals surface area contributed by atoms with Gasteiger partial charge in [0.25, 0.3) is 5.91 Å². The van der Waals surface area contributed by atoms with Gasteiger partial charge in [-0.25, -0.2) is 4.79 Å². The van der Waals surface area contributed by atoms with Gasteiger partial charge in [-0.1, -0.05) is 0 Å². The Morgan fingerprint density at radius 3 is 2.67 bits per heavy atom. The highest BCUT2D eigenvalue weighted by Gasteiger charge is 2.27. The number of hydrogen-bond donors (Lipinski definition) is 2. The summed E-state index contributed by atoms with van der Waals surface area (Å²) in [6.07, 6.45) is 4.12. The van der Waals surface area contributed by atoms with Gasteiger partial charge in [0.1, 0.15) is 5.00 Å². The summed E-state index contributed by atoms with van der Waals surface area (Å²) in [7, 11) is 3.84. The van der Waals surface area contributed by atoms with E-state index in [9.17, 15) is 9.59 Å². The highest BCUT2D eigenvalue weighted by Crippen LogP contribution is 2.38. The minimum absolute atomic E-state index is 0.0702. The zero-order valence-corrected chi connectivity index (χ0v) is 13.7. The molecule has 0 aliphatic heterocycles. The number of aryl methyl sites for hydroxylation is 1. The van der Waals surface area contributed by atoms with Crippen molar-refractivity contribution in [2.75, 3.05) is 32.6 Å². The first-order valence-electron chi connectivity index (χ1n) is 7.43. The summed E-state index contributed by atoms with van der Waals surface area (Å²) in [5.41, 5.74) is 1.66. The summed E-state index contributed by atoms with van der Waals surface area (Å²) in [6.45, 7) is 2.52. The zero-order chi connectivity index (χ0) is 15.4. The Morgan fingerprint density at radius 1 is 1.29 bits per heavy atom. The molecular formula is C15H23N2O3S+. The second-order valence-electron chi connectivity index (χ2n) is 5.57. The van der Waals surface area contributed by atoms with E-state index in [4.69, 9.17) is 4.74 Å². The predicted octanol–water partition coefficient (Wildman–Crippen LogP) is 0.887. The molecule has 0 fully saturated rings. The van der Waals surface area contributed by atoms with Crippen LogP contribution >= 0.6 is 11.3 Å². The van der Waals surface area contributed by atoms with Crippen LogP contribution in [0.3, 0.4) is 0 Å². The Hall–Kier alpha value is -1.40. The number of ether oxygens (including phenoxy) is 1. The van der Waals surface area contributed by atoms with Crippen LogP contribution in [0.1, 0.15) is 40.6 Å². The van der Waals surface area contributed by atoms with Gasteiger partial charge < -0.3 is 15.0 Å². The summed E-state index contributed by atoms with van der Waals surface area (Å²) < 4.78 is 5.17. The van der Waals surface area contributed by atoms with Gasteiger partial charge >= 0.3 is 5.97 Å². The number of amides is 1. The number of nitrogens with one attached hydrogen (secondary N) is 2. The van der Waals surface area contributed by atoms with E-state index in [1.165, 1.54) is 16.2 Å². The highest BCUT2D eigenvalue weighted by molar-refractivity contribution is 7.17. The SMILES string of the molecule is CCOC(=O)c1c(NC(=O)C[NH+](C)C)sc2c1CCCC2. The average Bonchev–Trinajstić information content (AvgIpc) is 2.75. The van der Waals surface area contributed by atoms with E-state index in [1.54, 1.807) is 6.92 Å². The van der Waals surface area contributed by atoms with Gasteiger partial charge in [0.05, 0.1) is 26.3 Å². The van der Waals surface area contributed by atoms with Gasteiger partial charge in [-0.2, -0.15) is 0 Å². The van der Waals surface area contributed by atoms with E-state index >= 15 is 0 Å². The van der Waals surface area contributed by atoms with E-state index < -0.39 is 0 Å². The average molecular weight is 311 g/mol. The quantitative estimate of drug-likeness (QED) is 0.794. The van der Waals surface area contributed by atoms with Crippen molar-refractivity contribution in [3.05, 3.63) is 16.0 Å². The number of esters is 1. The van der Waals surface area contributed by atoms with Crippen LogP contribution in [0.15, 0.2) is 0 Å². The predicted molar refractivity (Wildman–Crippen MR) is 83.2 cm³/mol. The number of fused-ring (bicyclic) bond motifs is 1. The molecule has 2 N–H and O–H groups in total. The van der Waals surface area contributed by atoms with Gasteiger partial charge in [0, 0.05) is 4.88 Å². The van der Waals surface area contributed by atoms with Crippen LogP contribution in [0.25, 0.3) is 0 Å². The first-order chi connectivity index (χ1) is 10.0. The zero-order valence-electron chi connectivity index (χ0n) is 12.9. The molecule has 116 valence electrons. The molecule has 0 saturated carbocycles. The van der Waals surface area contributed by atoms with Crippen LogP contribution in [-0.4, -0.2) is 39.1 Å². The number of carbonyl (C=O) groups excluding carboxylic acids is 2. The molecule has 1 aliphatic rings. The Balaban J connectivity index is 2.28. The van der Waals surface area contributed by atoms with E-state index in [0.717, 1.165) is 36.1 Å². The van der Waals surface area contributed by atoms with Crippen molar-refractivity contribution in [3.63, 3.8) is 0 Å². The maximum atomic E-state index is 12.2. The van der Waals surface area contributed by atoms with E-state index in [1.807, 2.05) is 14.1 Å². The first kappa shape index (κ1) is 16.0. The Morgan fingerprint density at radius 2 is 2.00 bits per heavy atom. The van der Waals surface area contributed by atoms with Crippen LogP contribution in [0.4, 0.5) is 5.00 Å². The summed E-state index contributed by atoms with van der Waals surface area (Å²) in [4.78, 5) is 26.5. The van der Waals surface area contributed by atoms with E-state index in [0.29, 0.717) is 23.7 Å². The van der Waals surface area contributed by atoms with Crippen molar-refractivity contribution in [1.29, 1.82) is 0 Å². The van der Waals surface area contributed by atoms with E-state index in [-0.39, 0.29) is 11.9 Å². The highest BCUT2D eigenvalue weighted by atomic mass is 32.1. The molecule has 0 spiro atoms. The fourth-order valence-corrected chi connectivity index (χ4v) is 3.86. The Kier molecular flexibility index (Phi) is 5.36. The van der Waals surface area contributed by atoms with Crippen LogP contribution in [0.5, 0.6) is 0 Å². The molecule has 21 heavy (non-hydrogen) atoms. The molecule has 0 unspecified atom stereocenters. The molecule has 0 aromatic carbocycles. The topological polar surface area (TPSA) is 59.8 Å². The Bertz CT molecular complexity index is 537. The molecule has 1 heterocycles. The van der Waals surface area contributed by atoms with Crippen molar-refractivity contribution in [3.8, 4) is 0 Å². The lowest BCUT2D eigenvalue weighted by molar-refractivity contribution is -0.849. The minimum atomic E-state index is -0.315. The molecule has 0 bridgehead atoms. The third kappa shape index (κ3) is 3.83. The van der Waals surface area contributed by atoms with Crippen molar-refractivity contribution < 1.29 is 19.2 Å². The van der Waals surface area contributed by atoms with Crippen LogP contribution in [0, 0.1) is 0 Å². The number of quaternary nitrogens is 1. The van der Waals surface area contributed by atoms with Crippen molar-refractivity contribution in [2.45, 2.75) is 32.6 Å². The third-order valence-electron chi connectivity index (χ3n) is 3.42. The molecule has 6 heteroatoms. The number of carbonyl (C=O) groups is 2. The molecule has 5 nitrogen and oxygen atoms in total. The third-order valence-corrected chi connectivity index (χ3v) is 4.63. The number of rotatable bonds is 5. The van der Waals surface area contributed by atoms with Gasteiger partial charge in [-0.3, -0.25) is 4.79 Å². The van der Waals surface area contributed by atoms with Gasteiger partial charge in [0.15, 0.2) is 6.54 Å². The normalized spacial score (nSPS) is 13.9. The molecule has 2 rings (SSSR count). The monoisotopic (exact) mass is 311 g/mol. The number of likely N-dealkylation sites (N-methyl/N-ethyl adjacent to an activating group) is 1. The van der Waals surface area contributed by atoms with Crippen molar-refractivity contribution in [2.24, 2.45) is 0 Å². The summed E-state index contributed by atoms with van der Waals surface area (Å²) in [6, 6.07) is 0. The maximum absolute atomic E-state index is 12.2. The van der Waals surface area contributed by atoms with Crippen LogP contribution < -0.4 is 10.2 Å². The van der Waals surface area contributed by atoms with Crippen molar-refractivity contribution in [1.82, 2.24) is 0 Å². The smallest absolute Gasteiger partial charge is 0.341 e. The number of thiophene rings is 1. The Labute approximate surface area is 129 Å². The molecule has 1 amide bonds. The first-order valence-corrected chi connectivity index (χ1v) is 8.25. The lowest BCUT2D eigenvalue weighted by atomic mass is 9.95. The van der Waals surface area contributed by atoms with Crippen molar-refractivity contribution >= 4 is 28.2 Å². The van der Waals surface area contributed by atoms with Gasteiger partial charge in [-0.05, 0) is 38.2 Å². The van der Waals surface area contributed by atoms with Gasteiger partial charge in [-0.15, -0.1) is 11.3 Å². The number of anilines is 1. The van der Waals surface area contributed by atoms with Crippen LogP contribution in [-0.2, 0) is 22.4 Å². The standard InChI is InChI=1S/C15H22N2O3S/c1-4-20-15(19)13-10-7-5-6-8-11(10)21-14(13)16-12(18)9-17(2)3/h4-9H2,1-3H3,(H,16,18)/p+1. The second kappa shape index (κ2) is 7.04. The fourth-order valence-electron chi connectivity index (χ4n) is 2.57. The lowest BCUT2D eigenvalue weighted by Gasteiger charge is -2.12. The molecule has 1 aliphatic carbocycles. The van der Waals surface area contributed by atoms with E-state index in [2.05, 4.69) is 5.32 Å². The molecule has 1 aromatic rings. The summed E-state index contributed by atoms with van der Waals surface area (Å²) >= 11 is 1.53. The lowest BCUT2D eigenvalue weighted by Crippen LogP contribution is -3.06. The molecule has 0 saturated heterocycles. The fraction of sp³-hybridized carbons (Fsp3) is 0.600. The minimum Gasteiger partial charge on any atom is -0.462 e.